The van der Waals surface area contributed by atoms with Crippen LogP contribution in [0, 0.1) is 5.92 Å². The number of hydrazine groups is 1. The first-order valence-electron chi connectivity index (χ1n) is 9.12. The molecule has 4 unspecified atom stereocenters. The van der Waals surface area contributed by atoms with Gasteiger partial charge in [0.1, 0.15) is 6.04 Å². The summed E-state index contributed by atoms with van der Waals surface area (Å²) in [6.45, 7) is 2.02. The zero-order valence-electron chi connectivity index (χ0n) is 14.0. The first kappa shape index (κ1) is 16.0. The lowest BCUT2D eigenvalue weighted by Crippen LogP contribution is -2.49. The Hall–Kier alpha value is -1.50. The molecule has 4 atom stereocenters. The lowest BCUT2D eigenvalue weighted by molar-refractivity contribution is -0.136. The van der Waals surface area contributed by atoms with E-state index in [1.54, 1.807) is 6.20 Å². The Kier molecular flexibility index (Phi) is 4.78. The molecule has 2 N–H and O–H groups in total. The minimum atomic E-state index is -0.123. The number of nitrogens with zero attached hydrogens (tertiary/aromatic N) is 2. The monoisotopic (exact) mass is 330 g/mol. The highest BCUT2D eigenvalue weighted by Crippen LogP contribution is 2.32. The molecule has 3 fully saturated rings. The van der Waals surface area contributed by atoms with Gasteiger partial charge in [-0.15, -0.1) is 0 Å². The summed E-state index contributed by atoms with van der Waals surface area (Å²) in [5.41, 5.74) is 7.49. The number of amides is 1. The molecule has 0 bridgehead atoms. The molecule has 130 valence electrons. The van der Waals surface area contributed by atoms with Crippen molar-refractivity contribution in [1.82, 2.24) is 20.7 Å². The SMILES string of the molecule is O=C(C1NNC2CCCC21)N(Cc1ccccn1)CC1CCCO1. The summed E-state index contributed by atoms with van der Waals surface area (Å²) >= 11 is 0. The van der Waals surface area contributed by atoms with Crippen LogP contribution in [0.4, 0.5) is 0 Å². The minimum absolute atomic E-state index is 0.123. The van der Waals surface area contributed by atoms with Crippen molar-refractivity contribution in [3.63, 3.8) is 0 Å². The van der Waals surface area contributed by atoms with Crippen molar-refractivity contribution in [2.75, 3.05) is 13.2 Å². The number of carbonyl (C=O) groups is 1. The Labute approximate surface area is 142 Å². The molecule has 1 amide bonds. The van der Waals surface area contributed by atoms with Crippen LogP contribution in [0.5, 0.6) is 0 Å². The van der Waals surface area contributed by atoms with Crippen LogP contribution in [0.3, 0.4) is 0 Å². The quantitative estimate of drug-likeness (QED) is 0.850. The van der Waals surface area contributed by atoms with E-state index >= 15 is 0 Å². The molecule has 1 aliphatic carbocycles. The standard InChI is InChI=1S/C18H26N4O2/c23-18(17-15-7-3-8-16(15)20-21-17)22(12-14-6-4-10-24-14)11-13-5-1-2-9-19-13/h1-2,5,9,14-17,20-21H,3-4,6-8,10-12H2. The largest absolute Gasteiger partial charge is 0.376 e. The number of hydrogen-bond acceptors (Lipinski definition) is 5. The van der Waals surface area contributed by atoms with E-state index in [-0.39, 0.29) is 18.1 Å². The van der Waals surface area contributed by atoms with Crippen LogP contribution in [0.1, 0.15) is 37.8 Å². The molecule has 6 heteroatoms. The van der Waals surface area contributed by atoms with E-state index in [4.69, 9.17) is 4.74 Å². The molecule has 6 nitrogen and oxygen atoms in total. The smallest absolute Gasteiger partial charge is 0.241 e. The summed E-state index contributed by atoms with van der Waals surface area (Å²) in [5.74, 6) is 0.589. The lowest BCUT2D eigenvalue weighted by atomic mass is 9.96. The predicted octanol–water partition coefficient (Wildman–Crippen LogP) is 1.23. The van der Waals surface area contributed by atoms with Crippen LogP contribution < -0.4 is 10.9 Å². The van der Waals surface area contributed by atoms with Gasteiger partial charge in [0, 0.05) is 31.3 Å². The number of pyridine rings is 1. The molecule has 0 radical (unpaired) electrons. The van der Waals surface area contributed by atoms with Gasteiger partial charge in [0.15, 0.2) is 0 Å². The van der Waals surface area contributed by atoms with Crippen LogP contribution in [-0.4, -0.2) is 47.1 Å². The summed E-state index contributed by atoms with van der Waals surface area (Å²) in [6.07, 6.45) is 7.56. The number of carbonyl (C=O) groups excluding carboxylic acids is 1. The van der Waals surface area contributed by atoms with Crippen molar-refractivity contribution < 1.29 is 9.53 Å². The van der Waals surface area contributed by atoms with Crippen molar-refractivity contribution in [3.8, 4) is 0 Å². The van der Waals surface area contributed by atoms with Crippen molar-refractivity contribution in [2.45, 2.75) is 56.8 Å². The van der Waals surface area contributed by atoms with E-state index in [0.29, 0.717) is 25.0 Å². The summed E-state index contributed by atoms with van der Waals surface area (Å²) in [5, 5.41) is 0. The van der Waals surface area contributed by atoms with Crippen molar-refractivity contribution in [2.24, 2.45) is 5.92 Å². The van der Waals surface area contributed by atoms with Gasteiger partial charge in [0.05, 0.1) is 18.3 Å². The van der Waals surface area contributed by atoms with Gasteiger partial charge in [-0.25, -0.2) is 5.43 Å². The van der Waals surface area contributed by atoms with E-state index in [1.807, 2.05) is 23.1 Å². The molecule has 0 aromatic carbocycles. The fourth-order valence-corrected chi connectivity index (χ4v) is 4.27. The normalized spacial score (nSPS) is 32.0. The third kappa shape index (κ3) is 3.31. The predicted molar refractivity (Wildman–Crippen MR) is 89.8 cm³/mol. The number of hydrogen-bond donors (Lipinski definition) is 2. The fraction of sp³-hybridized carbons (Fsp3) is 0.667. The molecule has 3 heterocycles. The van der Waals surface area contributed by atoms with Crippen molar-refractivity contribution in [3.05, 3.63) is 30.1 Å². The van der Waals surface area contributed by atoms with Gasteiger partial charge in [-0.2, -0.15) is 0 Å². The Balaban J connectivity index is 1.48. The van der Waals surface area contributed by atoms with Crippen molar-refractivity contribution >= 4 is 5.91 Å². The van der Waals surface area contributed by atoms with E-state index in [0.717, 1.165) is 38.0 Å². The topological polar surface area (TPSA) is 66.5 Å². The van der Waals surface area contributed by atoms with Crippen LogP contribution in [-0.2, 0) is 16.1 Å². The number of rotatable bonds is 5. The highest BCUT2D eigenvalue weighted by Gasteiger charge is 2.44. The summed E-state index contributed by atoms with van der Waals surface area (Å²) < 4.78 is 5.77. The van der Waals surface area contributed by atoms with Crippen LogP contribution in [0.2, 0.25) is 0 Å². The molecule has 0 spiro atoms. The van der Waals surface area contributed by atoms with Crippen LogP contribution in [0.25, 0.3) is 0 Å². The fourth-order valence-electron chi connectivity index (χ4n) is 4.27. The Bertz CT molecular complexity index is 561. The van der Waals surface area contributed by atoms with E-state index < -0.39 is 0 Å². The number of aromatic nitrogens is 1. The first-order chi connectivity index (χ1) is 11.8. The average molecular weight is 330 g/mol. The second kappa shape index (κ2) is 7.17. The zero-order valence-corrected chi connectivity index (χ0v) is 14.0. The van der Waals surface area contributed by atoms with E-state index in [9.17, 15) is 4.79 Å². The van der Waals surface area contributed by atoms with Crippen LogP contribution >= 0.6 is 0 Å². The first-order valence-corrected chi connectivity index (χ1v) is 9.12. The number of fused-ring (bicyclic) bond motifs is 1. The van der Waals surface area contributed by atoms with E-state index in [1.165, 1.54) is 6.42 Å². The lowest BCUT2D eigenvalue weighted by Gasteiger charge is -2.29. The van der Waals surface area contributed by atoms with Gasteiger partial charge >= 0.3 is 0 Å². The maximum Gasteiger partial charge on any atom is 0.241 e. The van der Waals surface area contributed by atoms with Gasteiger partial charge in [-0.3, -0.25) is 15.2 Å². The Morgan fingerprint density at radius 1 is 1.25 bits per heavy atom. The molecular formula is C18H26N4O2. The van der Waals surface area contributed by atoms with Gasteiger partial charge in [0.25, 0.3) is 0 Å². The summed E-state index contributed by atoms with van der Waals surface area (Å²) in [6, 6.07) is 6.18. The molecule has 24 heavy (non-hydrogen) atoms. The van der Waals surface area contributed by atoms with Gasteiger partial charge in [-0.1, -0.05) is 12.5 Å². The number of nitrogens with one attached hydrogen (secondary N) is 2. The molecule has 1 aromatic rings. The molecule has 2 aliphatic heterocycles. The molecular weight excluding hydrogens is 304 g/mol. The Morgan fingerprint density at radius 3 is 3.00 bits per heavy atom. The third-order valence-corrected chi connectivity index (χ3v) is 5.53. The second-order valence-corrected chi connectivity index (χ2v) is 7.14. The van der Waals surface area contributed by atoms with Crippen LogP contribution in [0.15, 0.2) is 24.4 Å². The average Bonchev–Trinajstić information content (AvgIpc) is 3.32. The Morgan fingerprint density at radius 2 is 2.21 bits per heavy atom. The van der Waals surface area contributed by atoms with Gasteiger partial charge in [0.2, 0.25) is 5.91 Å². The maximum atomic E-state index is 13.2. The van der Waals surface area contributed by atoms with Gasteiger partial charge in [-0.05, 0) is 37.8 Å². The molecule has 3 aliphatic rings. The molecule has 1 saturated carbocycles. The second-order valence-electron chi connectivity index (χ2n) is 7.14. The summed E-state index contributed by atoms with van der Waals surface area (Å²) in [4.78, 5) is 19.6. The zero-order chi connectivity index (χ0) is 16.4. The highest BCUT2D eigenvalue weighted by atomic mass is 16.5. The maximum absolute atomic E-state index is 13.2. The van der Waals surface area contributed by atoms with Gasteiger partial charge < -0.3 is 9.64 Å². The highest BCUT2D eigenvalue weighted by molar-refractivity contribution is 5.82. The minimum Gasteiger partial charge on any atom is -0.376 e. The molecule has 1 aromatic heterocycles. The number of ether oxygens (including phenoxy) is 1. The molecule has 4 rings (SSSR count). The molecule has 2 saturated heterocycles. The summed E-state index contributed by atoms with van der Waals surface area (Å²) in [7, 11) is 0. The van der Waals surface area contributed by atoms with E-state index in [2.05, 4.69) is 15.8 Å². The van der Waals surface area contributed by atoms with Crippen molar-refractivity contribution in [1.29, 1.82) is 0 Å². The third-order valence-electron chi connectivity index (χ3n) is 5.53.